The second-order valence-electron chi connectivity index (χ2n) is 11.0. The van der Waals surface area contributed by atoms with E-state index in [2.05, 4.69) is 26.3 Å². The lowest BCUT2D eigenvalue weighted by Gasteiger charge is -2.26. The van der Waals surface area contributed by atoms with Gasteiger partial charge in [-0.15, -0.1) is 5.10 Å². The first-order valence-electron chi connectivity index (χ1n) is 13.8. The molecule has 0 radical (unpaired) electrons. The third-order valence-electron chi connectivity index (χ3n) is 6.69. The van der Waals surface area contributed by atoms with Gasteiger partial charge in [-0.05, 0) is 24.1 Å². The van der Waals surface area contributed by atoms with Crippen molar-refractivity contribution >= 4 is 34.4 Å². The van der Waals surface area contributed by atoms with E-state index in [1.807, 2.05) is 31.1 Å². The molecular weight excluding hydrogens is 558 g/mol. The number of hydrogen-bond acceptors (Lipinski definition) is 10. The number of benzene rings is 1. The molecule has 0 spiro atoms. The van der Waals surface area contributed by atoms with E-state index in [4.69, 9.17) is 4.42 Å². The van der Waals surface area contributed by atoms with E-state index >= 15 is 0 Å². The van der Waals surface area contributed by atoms with Gasteiger partial charge in [0, 0.05) is 87.2 Å². The highest BCUT2D eigenvalue weighted by Gasteiger charge is 2.32. The number of nitrogens with one attached hydrogen (secondary N) is 3. The smallest absolute Gasteiger partial charge is 0.336 e. The van der Waals surface area contributed by atoms with E-state index in [0.717, 1.165) is 18.0 Å². The van der Waals surface area contributed by atoms with Crippen molar-refractivity contribution in [1.82, 2.24) is 30.9 Å². The van der Waals surface area contributed by atoms with Gasteiger partial charge in [-0.1, -0.05) is 19.1 Å². The van der Waals surface area contributed by atoms with Crippen LogP contribution >= 0.6 is 0 Å². The summed E-state index contributed by atoms with van der Waals surface area (Å²) in [7, 11) is 3.78. The van der Waals surface area contributed by atoms with Gasteiger partial charge < -0.3 is 35.5 Å². The molecule has 14 heteroatoms. The standard InChI is InChI=1S/C29H39N7O7/c1-29(2,18-37)27(41)28(42)32-12-9-24(38)31-11-8-20-17-36(34-33-20)13-5-10-30-25(39)14-19-15-26(40)43-23-16-21(35(3)4)6-7-22(19)23/h6-7,9,12,15-17,27,37,41H,5,8,10-11,13-14,18H2,1-4H3,(H,30,39)(H,31,38)(H,32,42)/b12-9+. The zero-order valence-electron chi connectivity index (χ0n) is 24.8. The second-order valence-corrected chi connectivity index (χ2v) is 11.0. The summed E-state index contributed by atoms with van der Waals surface area (Å²) in [6, 6.07) is 6.86. The lowest BCUT2D eigenvalue weighted by molar-refractivity contribution is -0.136. The van der Waals surface area contributed by atoms with Crippen molar-refractivity contribution in [2.24, 2.45) is 5.41 Å². The number of aliphatic hydroxyl groups excluding tert-OH is 2. The number of carbonyl (C=O) groups is 3. The number of aromatic nitrogens is 3. The maximum absolute atomic E-state index is 12.5. The Hall–Kier alpha value is -4.56. The molecule has 0 aliphatic carbocycles. The summed E-state index contributed by atoms with van der Waals surface area (Å²) in [5.74, 6) is -1.38. The fourth-order valence-corrected chi connectivity index (χ4v) is 4.00. The number of nitrogens with zero attached hydrogens (tertiary/aromatic N) is 4. The number of anilines is 1. The van der Waals surface area contributed by atoms with Crippen LogP contribution in [0.25, 0.3) is 11.0 Å². The van der Waals surface area contributed by atoms with Gasteiger partial charge in [0.25, 0.3) is 5.91 Å². The first-order valence-corrected chi connectivity index (χ1v) is 13.8. The van der Waals surface area contributed by atoms with Gasteiger partial charge in [-0.3, -0.25) is 19.1 Å². The monoisotopic (exact) mass is 597 g/mol. The number of carbonyl (C=O) groups excluding carboxylic acids is 3. The third-order valence-corrected chi connectivity index (χ3v) is 6.69. The van der Waals surface area contributed by atoms with E-state index in [1.54, 1.807) is 30.8 Å². The average Bonchev–Trinajstić information content (AvgIpc) is 3.41. The summed E-state index contributed by atoms with van der Waals surface area (Å²) >= 11 is 0. The topological polar surface area (TPSA) is 192 Å². The van der Waals surface area contributed by atoms with E-state index < -0.39 is 29.0 Å². The van der Waals surface area contributed by atoms with Gasteiger partial charge in [0.2, 0.25) is 11.8 Å². The number of rotatable bonds is 15. The van der Waals surface area contributed by atoms with Gasteiger partial charge in [0.1, 0.15) is 11.7 Å². The van der Waals surface area contributed by atoms with Gasteiger partial charge in [0.15, 0.2) is 0 Å². The van der Waals surface area contributed by atoms with Crippen molar-refractivity contribution < 1.29 is 29.0 Å². The van der Waals surface area contributed by atoms with Crippen LogP contribution in [0.1, 0.15) is 31.5 Å². The number of hydrogen-bond donors (Lipinski definition) is 5. The first kappa shape index (κ1) is 32.9. The molecule has 1 unspecified atom stereocenters. The summed E-state index contributed by atoms with van der Waals surface area (Å²) < 4.78 is 6.97. The molecule has 43 heavy (non-hydrogen) atoms. The van der Waals surface area contributed by atoms with Crippen molar-refractivity contribution in [1.29, 1.82) is 0 Å². The van der Waals surface area contributed by atoms with Gasteiger partial charge >= 0.3 is 5.63 Å². The van der Waals surface area contributed by atoms with Crippen LogP contribution in [0.4, 0.5) is 5.69 Å². The number of aliphatic hydroxyl groups is 2. The second kappa shape index (κ2) is 15.1. The summed E-state index contributed by atoms with van der Waals surface area (Å²) in [6.45, 7) is 3.92. The zero-order chi connectivity index (χ0) is 31.6. The van der Waals surface area contributed by atoms with E-state index in [-0.39, 0.29) is 25.5 Å². The van der Waals surface area contributed by atoms with Crippen LogP contribution in [0.3, 0.4) is 0 Å². The molecule has 2 aromatic heterocycles. The zero-order valence-corrected chi connectivity index (χ0v) is 24.8. The molecule has 3 amide bonds. The van der Waals surface area contributed by atoms with Crippen LogP contribution in [0, 0.1) is 5.41 Å². The Morgan fingerprint density at radius 3 is 2.65 bits per heavy atom. The van der Waals surface area contributed by atoms with Crippen molar-refractivity contribution in [2.75, 3.05) is 38.7 Å². The summed E-state index contributed by atoms with van der Waals surface area (Å²) in [5.41, 5.74) is 1.07. The molecular formula is C29H39N7O7. The Bertz CT molecular complexity index is 1510. The molecule has 1 atom stereocenters. The molecule has 0 saturated carbocycles. The van der Waals surface area contributed by atoms with Crippen LogP contribution in [0.5, 0.6) is 0 Å². The van der Waals surface area contributed by atoms with E-state index in [9.17, 15) is 29.4 Å². The van der Waals surface area contributed by atoms with E-state index in [1.165, 1.54) is 6.07 Å². The number of fused-ring (bicyclic) bond motifs is 1. The lowest BCUT2D eigenvalue weighted by atomic mass is 9.87. The molecule has 1 aromatic carbocycles. The Kier molecular flexibility index (Phi) is 11.5. The van der Waals surface area contributed by atoms with Crippen LogP contribution in [-0.4, -0.2) is 82.8 Å². The molecule has 0 aliphatic rings. The average molecular weight is 598 g/mol. The molecule has 2 heterocycles. The van der Waals surface area contributed by atoms with Crippen molar-refractivity contribution in [3.05, 3.63) is 64.4 Å². The molecule has 14 nitrogen and oxygen atoms in total. The molecule has 0 fully saturated rings. The SMILES string of the molecule is CN(C)c1ccc2c(CC(=O)NCCCn3cc(CCNC(=O)/C=C/NC(=O)C(O)C(C)(C)CO)nn3)cc(=O)oc2c1. The van der Waals surface area contributed by atoms with Crippen molar-refractivity contribution in [2.45, 2.75) is 45.8 Å². The van der Waals surface area contributed by atoms with Crippen molar-refractivity contribution in [3.8, 4) is 0 Å². The largest absolute Gasteiger partial charge is 0.423 e. The minimum atomic E-state index is -1.43. The van der Waals surface area contributed by atoms with Crippen LogP contribution in [0.15, 0.2) is 51.9 Å². The molecule has 3 rings (SSSR count). The van der Waals surface area contributed by atoms with Crippen LogP contribution < -0.4 is 26.5 Å². The van der Waals surface area contributed by atoms with Crippen molar-refractivity contribution in [3.63, 3.8) is 0 Å². The number of aryl methyl sites for hydroxylation is 1. The maximum Gasteiger partial charge on any atom is 0.336 e. The third kappa shape index (κ3) is 9.75. The molecule has 3 aromatic rings. The highest BCUT2D eigenvalue weighted by Crippen LogP contribution is 2.23. The minimum Gasteiger partial charge on any atom is -0.423 e. The minimum absolute atomic E-state index is 0.0496. The molecule has 5 N–H and O–H groups in total. The van der Waals surface area contributed by atoms with Gasteiger partial charge in [-0.2, -0.15) is 0 Å². The molecule has 0 saturated heterocycles. The predicted octanol–water partition coefficient (Wildman–Crippen LogP) is -0.132. The van der Waals surface area contributed by atoms with E-state index in [0.29, 0.717) is 48.2 Å². The highest BCUT2D eigenvalue weighted by atomic mass is 16.4. The fraction of sp³-hybridized carbons (Fsp3) is 0.448. The normalized spacial score (nSPS) is 12.3. The highest BCUT2D eigenvalue weighted by molar-refractivity contribution is 5.89. The van der Waals surface area contributed by atoms with Gasteiger partial charge in [-0.25, -0.2) is 4.79 Å². The van der Waals surface area contributed by atoms with Gasteiger partial charge in [0.05, 0.1) is 18.7 Å². The fourth-order valence-electron chi connectivity index (χ4n) is 4.00. The molecule has 0 bridgehead atoms. The molecule has 0 aliphatic heterocycles. The first-order chi connectivity index (χ1) is 20.4. The Morgan fingerprint density at radius 1 is 1.16 bits per heavy atom. The Labute approximate surface area is 248 Å². The predicted molar refractivity (Wildman–Crippen MR) is 159 cm³/mol. The summed E-state index contributed by atoms with van der Waals surface area (Å²) in [5, 5.41) is 35.9. The summed E-state index contributed by atoms with van der Waals surface area (Å²) in [6.07, 6.45) is 3.67. The maximum atomic E-state index is 12.5. The summed E-state index contributed by atoms with van der Waals surface area (Å²) in [4.78, 5) is 50.3. The van der Waals surface area contributed by atoms with Crippen LogP contribution in [0.2, 0.25) is 0 Å². The Balaban J connectivity index is 1.36. The van der Waals surface area contributed by atoms with Crippen LogP contribution in [-0.2, 0) is 33.8 Å². The molecule has 232 valence electrons. The Morgan fingerprint density at radius 2 is 1.93 bits per heavy atom. The quantitative estimate of drug-likeness (QED) is 0.0895. The lowest BCUT2D eigenvalue weighted by Crippen LogP contribution is -2.44. The number of amides is 3.